The number of ether oxygens (including phenoxy) is 1. The maximum Gasteiger partial charge on any atom is 0.456 e. The number of hydrogen-bond donors (Lipinski definition) is 1. The van der Waals surface area contributed by atoms with Gasteiger partial charge in [-0.1, -0.05) is 0 Å². The predicted molar refractivity (Wildman–Crippen MR) is 43.4 cm³/mol. The van der Waals surface area contributed by atoms with Gasteiger partial charge in [0.05, 0.1) is 0 Å². The molecule has 0 aromatic heterocycles. The lowest BCUT2D eigenvalue weighted by Crippen LogP contribution is -2.61. The Balaban J connectivity index is 5.51. The molecule has 122 valence electrons. The minimum absolute atomic E-state index is 0.696. The van der Waals surface area contributed by atoms with Gasteiger partial charge in [0.15, 0.2) is 0 Å². The lowest BCUT2D eigenvalue weighted by Gasteiger charge is -2.34. The minimum atomic E-state index is -6.66. The zero-order valence-corrected chi connectivity index (χ0v) is 9.33. The van der Waals surface area contributed by atoms with Crippen LogP contribution in [0.5, 0.6) is 0 Å². The van der Waals surface area contributed by atoms with Gasteiger partial charge < -0.3 is 9.84 Å². The molecule has 2 nitrogen and oxygen atoms in total. The van der Waals surface area contributed by atoms with Gasteiger partial charge in [-0.15, -0.1) is 0 Å². The minimum Gasteiger partial charge on any atom is -0.396 e. The zero-order chi connectivity index (χ0) is 16.4. The molecule has 0 aliphatic carbocycles. The number of aliphatic hydroxyl groups excluding tert-OH is 1. The van der Waals surface area contributed by atoms with Crippen molar-refractivity contribution < 1.29 is 53.7 Å². The maximum absolute atomic E-state index is 12.8. The Hall–Kier alpha value is -0.780. The van der Waals surface area contributed by atoms with Crippen molar-refractivity contribution in [2.45, 2.75) is 36.7 Å². The average Bonchev–Trinajstić information content (AvgIpc) is 2.20. The van der Waals surface area contributed by atoms with Gasteiger partial charge in [-0.3, -0.25) is 0 Å². The van der Waals surface area contributed by atoms with Crippen molar-refractivity contribution in [2.24, 2.45) is 0 Å². The summed E-state index contributed by atoms with van der Waals surface area (Å²) in [7, 11) is 0. The fraction of sp³-hybridized carbons (Fsp3) is 1.00. The normalized spacial score (nSPS) is 15.0. The van der Waals surface area contributed by atoms with E-state index < -0.39 is 49.9 Å². The SMILES string of the molecule is OCCCOC(C(F)(F)C(F)(F)F)C(F)(F)C(F)(F)F. The highest BCUT2D eigenvalue weighted by Crippen LogP contribution is 2.49. The average molecular weight is 326 g/mol. The van der Waals surface area contributed by atoms with Crippen LogP contribution in [0.1, 0.15) is 6.42 Å². The lowest BCUT2D eigenvalue weighted by atomic mass is 10.0. The van der Waals surface area contributed by atoms with Gasteiger partial charge in [-0.05, 0) is 6.42 Å². The molecule has 12 heteroatoms. The van der Waals surface area contributed by atoms with E-state index in [-0.39, 0.29) is 0 Å². The van der Waals surface area contributed by atoms with E-state index >= 15 is 0 Å². The molecular weight excluding hydrogens is 318 g/mol. The third kappa shape index (κ3) is 3.87. The van der Waals surface area contributed by atoms with E-state index in [1.54, 1.807) is 0 Å². The number of aliphatic hydroxyl groups is 1. The summed E-state index contributed by atoms with van der Waals surface area (Å²) in [6.45, 7) is -2.19. The molecule has 0 atom stereocenters. The van der Waals surface area contributed by atoms with Gasteiger partial charge in [-0.25, -0.2) is 0 Å². The molecule has 0 heterocycles. The first-order valence-corrected chi connectivity index (χ1v) is 4.81. The molecule has 0 unspecified atom stereocenters. The van der Waals surface area contributed by atoms with Crippen molar-refractivity contribution in [3.8, 4) is 0 Å². The molecule has 0 spiro atoms. The molecule has 1 N–H and O–H groups in total. The Labute approximate surface area is 105 Å². The molecule has 20 heavy (non-hydrogen) atoms. The Bertz CT molecular complexity index is 281. The maximum atomic E-state index is 12.8. The van der Waals surface area contributed by atoms with Gasteiger partial charge in [0.25, 0.3) is 0 Å². The summed E-state index contributed by atoms with van der Waals surface area (Å²) in [4.78, 5) is 0. The Morgan fingerprint density at radius 2 is 1.10 bits per heavy atom. The largest absolute Gasteiger partial charge is 0.456 e. The molecular formula is C8H8F10O2. The van der Waals surface area contributed by atoms with Crippen LogP contribution in [-0.4, -0.2) is 48.6 Å². The van der Waals surface area contributed by atoms with E-state index in [0.717, 1.165) is 0 Å². The molecule has 0 aromatic rings. The van der Waals surface area contributed by atoms with Crippen LogP contribution in [0, 0.1) is 0 Å². The smallest absolute Gasteiger partial charge is 0.396 e. The monoisotopic (exact) mass is 326 g/mol. The van der Waals surface area contributed by atoms with Crippen molar-refractivity contribution in [3.05, 3.63) is 0 Å². The van der Waals surface area contributed by atoms with Crippen LogP contribution < -0.4 is 0 Å². The number of alkyl halides is 10. The van der Waals surface area contributed by atoms with Crippen molar-refractivity contribution >= 4 is 0 Å². The van der Waals surface area contributed by atoms with E-state index in [0.29, 0.717) is 0 Å². The van der Waals surface area contributed by atoms with Crippen LogP contribution in [0.25, 0.3) is 0 Å². The lowest BCUT2D eigenvalue weighted by molar-refractivity contribution is -0.391. The molecule has 0 saturated heterocycles. The summed E-state index contributed by atoms with van der Waals surface area (Å²) in [6, 6.07) is 0. The first kappa shape index (κ1) is 19.2. The van der Waals surface area contributed by atoms with Gasteiger partial charge in [0.1, 0.15) is 0 Å². The highest BCUT2D eigenvalue weighted by Gasteiger charge is 2.76. The Morgan fingerprint density at radius 3 is 1.35 bits per heavy atom. The fourth-order valence-electron chi connectivity index (χ4n) is 1.00. The summed E-state index contributed by atoms with van der Waals surface area (Å²) < 4.78 is 126. The van der Waals surface area contributed by atoms with E-state index in [9.17, 15) is 43.9 Å². The summed E-state index contributed by atoms with van der Waals surface area (Å²) in [5.41, 5.74) is 0. The number of halogens is 10. The van der Waals surface area contributed by atoms with E-state index in [1.165, 1.54) is 0 Å². The van der Waals surface area contributed by atoms with Crippen molar-refractivity contribution in [1.82, 2.24) is 0 Å². The molecule has 0 radical (unpaired) electrons. The van der Waals surface area contributed by atoms with Crippen LogP contribution in [0.3, 0.4) is 0 Å². The van der Waals surface area contributed by atoms with E-state index in [1.807, 2.05) is 0 Å². The number of rotatable bonds is 6. The standard InChI is InChI=1S/C8H8F10O2/c9-5(10,7(13,14)15)4(20-3-1-2-19)6(11,12)8(16,17)18/h4,19H,1-3H2. The zero-order valence-electron chi connectivity index (χ0n) is 9.33. The van der Waals surface area contributed by atoms with Crippen molar-refractivity contribution in [2.75, 3.05) is 13.2 Å². The Kier molecular flexibility index (Phi) is 5.69. The van der Waals surface area contributed by atoms with Crippen LogP contribution in [0.2, 0.25) is 0 Å². The molecule has 0 amide bonds. The molecule has 0 bridgehead atoms. The van der Waals surface area contributed by atoms with Crippen LogP contribution >= 0.6 is 0 Å². The second-order valence-electron chi connectivity index (χ2n) is 3.57. The first-order valence-electron chi connectivity index (χ1n) is 4.81. The predicted octanol–water partition coefficient (Wildman–Crippen LogP) is 3.15. The second kappa shape index (κ2) is 5.92. The van der Waals surface area contributed by atoms with E-state index in [4.69, 9.17) is 5.11 Å². The molecule has 0 fully saturated rings. The summed E-state index contributed by atoms with van der Waals surface area (Å²) in [5.74, 6) is -12.9. The molecule has 0 rings (SSSR count). The second-order valence-corrected chi connectivity index (χ2v) is 3.57. The topological polar surface area (TPSA) is 29.5 Å². The van der Waals surface area contributed by atoms with Gasteiger partial charge in [-0.2, -0.15) is 43.9 Å². The van der Waals surface area contributed by atoms with Crippen LogP contribution in [-0.2, 0) is 4.74 Å². The highest BCUT2D eigenvalue weighted by molar-refractivity contribution is 4.98. The summed E-state index contributed by atoms with van der Waals surface area (Å²) in [6.07, 6.45) is -18.8. The molecule has 0 aliphatic heterocycles. The van der Waals surface area contributed by atoms with Crippen LogP contribution in [0.15, 0.2) is 0 Å². The van der Waals surface area contributed by atoms with Gasteiger partial charge in [0.2, 0.25) is 6.10 Å². The number of hydrogen-bond acceptors (Lipinski definition) is 2. The van der Waals surface area contributed by atoms with Crippen molar-refractivity contribution in [1.29, 1.82) is 0 Å². The summed E-state index contributed by atoms with van der Waals surface area (Å²) in [5, 5.41) is 8.21. The third-order valence-electron chi connectivity index (χ3n) is 2.00. The molecule has 0 aromatic carbocycles. The highest BCUT2D eigenvalue weighted by atomic mass is 19.4. The molecule has 0 aliphatic rings. The van der Waals surface area contributed by atoms with E-state index in [2.05, 4.69) is 4.74 Å². The van der Waals surface area contributed by atoms with Gasteiger partial charge >= 0.3 is 24.2 Å². The van der Waals surface area contributed by atoms with Gasteiger partial charge in [0, 0.05) is 13.2 Å². The van der Waals surface area contributed by atoms with Crippen LogP contribution in [0.4, 0.5) is 43.9 Å². The third-order valence-corrected chi connectivity index (χ3v) is 2.00. The first-order chi connectivity index (χ1) is 8.69. The summed E-state index contributed by atoms with van der Waals surface area (Å²) >= 11 is 0. The van der Waals surface area contributed by atoms with Crippen molar-refractivity contribution in [3.63, 3.8) is 0 Å². The quantitative estimate of drug-likeness (QED) is 0.600. The molecule has 0 saturated carbocycles. The Morgan fingerprint density at radius 1 is 0.750 bits per heavy atom. The fourth-order valence-corrected chi connectivity index (χ4v) is 1.00.